The van der Waals surface area contributed by atoms with E-state index < -0.39 is 52.0 Å². The molecule has 2 aliphatic rings. The average Bonchev–Trinajstić information content (AvgIpc) is 3.18. The molecule has 0 amide bonds. The van der Waals surface area contributed by atoms with E-state index in [0.717, 1.165) is 6.20 Å². The molecular formula is C21H24F3NO6. The molecule has 3 rings (SSSR count). The first-order chi connectivity index (χ1) is 14.8. The lowest BCUT2D eigenvalue weighted by Crippen LogP contribution is -2.30. The molecule has 7 nitrogen and oxygen atoms in total. The van der Waals surface area contributed by atoms with E-state index in [1.807, 2.05) is 0 Å². The summed E-state index contributed by atoms with van der Waals surface area (Å²) in [7, 11) is 1.52. The Balaban J connectivity index is 1.90. The van der Waals surface area contributed by atoms with Gasteiger partial charge in [0.25, 0.3) is 0 Å². The van der Waals surface area contributed by atoms with Gasteiger partial charge in [0, 0.05) is 25.1 Å². The topological polar surface area (TPSA) is 94.9 Å². The minimum absolute atomic E-state index is 0.0699. The second-order valence-electron chi connectivity index (χ2n) is 7.49. The number of aliphatic hydroxyl groups excluding tert-OH is 1. The highest BCUT2D eigenvalue weighted by Crippen LogP contribution is 2.43. The quantitative estimate of drug-likeness (QED) is 0.271. The SMILES string of the molecule is COCCOCCOCc1nccc(C(F)(F)F)c1C(O)=C1C(=O)C2CCC(C2)C1=O. The molecule has 2 aliphatic carbocycles. The van der Waals surface area contributed by atoms with Crippen molar-refractivity contribution in [2.75, 3.05) is 33.5 Å². The monoisotopic (exact) mass is 443 g/mol. The fraction of sp³-hybridized carbons (Fsp3) is 0.571. The number of halogens is 3. The number of hydrogen-bond donors (Lipinski definition) is 1. The third-order valence-corrected chi connectivity index (χ3v) is 5.52. The number of rotatable bonds is 9. The van der Waals surface area contributed by atoms with Crippen molar-refractivity contribution in [2.24, 2.45) is 11.8 Å². The molecule has 1 aromatic heterocycles. The Bertz CT molecular complexity index is 843. The number of hydrogen-bond acceptors (Lipinski definition) is 7. The summed E-state index contributed by atoms with van der Waals surface area (Å²) in [5.41, 5.74) is -2.63. The van der Waals surface area contributed by atoms with Crippen molar-refractivity contribution in [3.05, 3.63) is 34.7 Å². The number of carbonyl (C=O) groups is 2. The van der Waals surface area contributed by atoms with Gasteiger partial charge in [-0.25, -0.2) is 0 Å². The maximum absolute atomic E-state index is 13.7. The summed E-state index contributed by atoms with van der Waals surface area (Å²) in [5.74, 6) is -3.08. The Morgan fingerprint density at radius 1 is 1.10 bits per heavy atom. The molecule has 10 heteroatoms. The zero-order valence-corrected chi connectivity index (χ0v) is 17.0. The van der Waals surface area contributed by atoms with Gasteiger partial charge in [0.05, 0.1) is 49.9 Å². The Kier molecular flexibility index (Phi) is 7.45. The van der Waals surface area contributed by atoms with Gasteiger partial charge in [-0.3, -0.25) is 14.6 Å². The molecule has 1 aromatic rings. The molecule has 2 fully saturated rings. The first-order valence-electron chi connectivity index (χ1n) is 9.97. The summed E-state index contributed by atoms with van der Waals surface area (Å²) < 4.78 is 56.4. The van der Waals surface area contributed by atoms with Crippen molar-refractivity contribution in [3.8, 4) is 0 Å². The van der Waals surface area contributed by atoms with Crippen LogP contribution in [0.15, 0.2) is 17.8 Å². The van der Waals surface area contributed by atoms with E-state index >= 15 is 0 Å². The second kappa shape index (κ2) is 9.88. The van der Waals surface area contributed by atoms with E-state index in [-0.39, 0.29) is 25.5 Å². The van der Waals surface area contributed by atoms with Crippen molar-refractivity contribution in [3.63, 3.8) is 0 Å². The van der Waals surface area contributed by atoms with Crippen LogP contribution in [0.5, 0.6) is 0 Å². The minimum Gasteiger partial charge on any atom is -0.506 e. The van der Waals surface area contributed by atoms with Crippen molar-refractivity contribution in [1.29, 1.82) is 0 Å². The van der Waals surface area contributed by atoms with E-state index in [9.17, 15) is 27.9 Å². The number of ketones is 2. The normalized spacial score (nSPS) is 21.1. The second-order valence-corrected chi connectivity index (χ2v) is 7.49. The lowest BCUT2D eigenvalue weighted by Gasteiger charge is -2.22. The Labute approximate surface area is 177 Å². The number of pyridine rings is 1. The molecule has 0 radical (unpaired) electrons. The first kappa shape index (κ1) is 23.4. The highest BCUT2D eigenvalue weighted by Gasteiger charge is 2.46. The van der Waals surface area contributed by atoms with E-state index in [2.05, 4.69) is 4.98 Å². The van der Waals surface area contributed by atoms with E-state index in [1.54, 1.807) is 0 Å². The van der Waals surface area contributed by atoms with Crippen LogP contribution >= 0.6 is 0 Å². The fourth-order valence-electron chi connectivity index (χ4n) is 3.99. The average molecular weight is 443 g/mol. The van der Waals surface area contributed by atoms with Crippen LogP contribution in [0.25, 0.3) is 5.76 Å². The van der Waals surface area contributed by atoms with Crippen LogP contribution in [0.1, 0.15) is 36.1 Å². The number of Topliss-reactive ketones (excluding diaryl/α,β-unsaturated/α-hetero) is 2. The molecule has 2 saturated carbocycles. The van der Waals surface area contributed by atoms with Crippen molar-refractivity contribution in [1.82, 2.24) is 4.98 Å². The predicted molar refractivity (Wildman–Crippen MR) is 102 cm³/mol. The molecule has 31 heavy (non-hydrogen) atoms. The highest BCUT2D eigenvalue weighted by molar-refractivity contribution is 6.27. The highest BCUT2D eigenvalue weighted by atomic mass is 19.4. The standard InChI is InChI=1S/C21H24F3NO6/c1-29-6-7-30-8-9-31-11-15-16(14(4-5-25-15)21(22,23)24)20(28)17-18(26)12-2-3-13(10-12)19(17)27/h4-5,12-13,28H,2-3,6-11H2,1H3. The summed E-state index contributed by atoms with van der Waals surface area (Å²) in [6, 6.07) is 0.704. The third-order valence-electron chi connectivity index (χ3n) is 5.52. The van der Waals surface area contributed by atoms with E-state index in [1.165, 1.54) is 7.11 Å². The predicted octanol–water partition coefficient (Wildman–Crippen LogP) is 3.12. The number of aliphatic hydroxyl groups is 1. The summed E-state index contributed by atoms with van der Waals surface area (Å²) in [4.78, 5) is 29.3. The number of methoxy groups -OCH3 is 1. The van der Waals surface area contributed by atoms with Crippen LogP contribution in [0.2, 0.25) is 0 Å². The number of nitrogens with zero attached hydrogens (tertiary/aromatic N) is 1. The Hall–Kier alpha value is -2.30. The summed E-state index contributed by atoms with van der Waals surface area (Å²) in [6.07, 6.45) is -2.52. The van der Waals surface area contributed by atoms with Gasteiger partial charge >= 0.3 is 6.18 Å². The van der Waals surface area contributed by atoms with Gasteiger partial charge in [-0.1, -0.05) is 0 Å². The molecular weight excluding hydrogens is 419 g/mol. The molecule has 2 atom stereocenters. The maximum atomic E-state index is 13.7. The lowest BCUT2D eigenvalue weighted by molar-refractivity contribution is -0.138. The maximum Gasteiger partial charge on any atom is 0.417 e. The number of alkyl halides is 3. The fourth-order valence-corrected chi connectivity index (χ4v) is 3.99. The van der Waals surface area contributed by atoms with Crippen LogP contribution in [0, 0.1) is 11.8 Å². The molecule has 0 aliphatic heterocycles. The summed E-state index contributed by atoms with van der Waals surface area (Å²) in [5, 5.41) is 10.8. The van der Waals surface area contributed by atoms with E-state index in [4.69, 9.17) is 14.2 Å². The van der Waals surface area contributed by atoms with Gasteiger partial charge < -0.3 is 19.3 Å². The molecule has 2 unspecified atom stereocenters. The summed E-state index contributed by atoms with van der Waals surface area (Å²) >= 11 is 0. The van der Waals surface area contributed by atoms with Crippen LogP contribution in [-0.4, -0.2) is 55.2 Å². The van der Waals surface area contributed by atoms with Crippen LogP contribution < -0.4 is 0 Å². The minimum atomic E-state index is -4.83. The van der Waals surface area contributed by atoms with Crippen molar-refractivity contribution in [2.45, 2.75) is 32.0 Å². The lowest BCUT2D eigenvalue weighted by atomic mass is 9.81. The first-order valence-corrected chi connectivity index (χ1v) is 9.97. The van der Waals surface area contributed by atoms with Crippen molar-refractivity contribution < 1.29 is 42.1 Å². The van der Waals surface area contributed by atoms with Gasteiger partial charge in [-0.15, -0.1) is 0 Å². The van der Waals surface area contributed by atoms with Gasteiger partial charge in [-0.2, -0.15) is 13.2 Å². The summed E-state index contributed by atoms with van der Waals surface area (Å²) in [6.45, 7) is 0.627. The van der Waals surface area contributed by atoms with Crippen LogP contribution in [0.4, 0.5) is 13.2 Å². The third kappa shape index (κ3) is 5.13. The smallest absolute Gasteiger partial charge is 0.417 e. The number of carbonyl (C=O) groups excluding carboxylic acids is 2. The van der Waals surface area contributed by atoms with Gasteiger partial charge in [0.1, 0.15) is 11.3 Å². The Morgan fingerprint density at radius 3 is 2.32 bits per heavy atom. The van der Waals surface area contributed by atoms with Gasteiger partial charge in [0.15, 0.2) is 11.6 Å². The van der Waals surface area contributed by atoms with Crippen molar-refractivity contribution >= 4 is 17.3 Å². The molecule has 170 valence electrons. The zero-order chi connectivity index (χ0) is 22.6. The molecule has 1 heterocycles. The number of allylic oxidation sites excluding steroid dienone is 1. The molecule has 0 spiro atoms. The number of aromatic nitrogens is 1. The largest absolute Gasteiger partial charge is 0.506 e. The number of ether oxygens (including phenoxy) is 3. The Morgan fingerprint density at radius 2 is 1.71 bits per heavy atom. The molecule has 1 N–H and O–H groups in total. The zero-order valence-electron chi connectivity index (χ0n) is 17.0. The molecule has 0 aromatic carbocycles. The molecule has 0 saturated heterocycles. The van der Waals surface area contributed by atoms with Crippen LogP contribution in [0.3, 0.4) is 0 Å². The van der Waals surface area contributed by atoms with E-state index in [0.29, 0.717) is 38.5 Å². The number of fused-ring (bicyclic) bond motifs is 2. The van der Waals surface area contributed by atoms with Gasteiger partial charge in [-0.05, 0) is 25.3 Å². The van der Waals surface area contributed by atoms with Gasteiger partial charge in [0.2, 0.25) is 0 Å². The molecule has 2 bridgehead atoms. The van der Waals surface area contributed by atoms with Crippen LogP contribution in [-0.2, 0) is 36.6 Å².